The van der Waals surface area contributed by atoms with E-state index in [1.165, 1.54) is 6.07 Å². The molecule has 0 saturated carbocycles. The average molecular weight is 231 g/mol. The molecular formula is C14H14FNO. The van der Waals surface area contributed by atoms with E-state index in [2.05, 4.69) is 0 Å². The molecule has 0 spiro atoms. The van der Waals surface area contributed by atoms with Crippen LogP contribution in [0.1, 0.15) is 5.56 Å². The molecule has 2 N–H and O–H groups in total. The molecule has 88 valence electrons. The summed E-state index contributed by atoms with van der Waals surface area (Å²) >= 11 is 0. The number of nitrogen functional groups attached to an aromatic ring is 1. The summed E-state index contributed by atoms with van der Waals surface area (Å²) in [6.45, 7) is 0.412. The molecule has 0 heterocycles. The number of nitrogens with two attached hydrogens (primary N) is 1. The summed E-state index contributed by atoms with van der Waals surface area (Å²) in [5.74, 6) is 0.445. The molecular weight excluding hydrogens is 217 g/mol. The van der Waals surface area contributed by atoms with Crippen LogP contribution in [0.15, 0.2) is 48.5 Å². The maximum absolute atomic E-state index is 13.3. The van der Waals surface area contributed by atoms with E-state index in [0.29, 0.717) is 30.0 Å². The Labute approximate surface area is 99.8 Å². The highest BCUT2D eigenvalue weighted by molar-refractivity contribution is 5.51. The molecule has 0 aromatic heterocycles. The summed E-state index contributed by atoms with van der Waals surface area (Å²) < 4.78 is 18.8. The number of hydrogen-bond donors (Lipinski definition) is 1. The summed E-state index contributed by atoms with van der Waals surface area (Å²) in [4.78, 5) is 0. The lowest BCUT2D eigenvalue weighted by Crippen LogP contribution is -2.04. The summed E-state index contributed by atoms with van der Waals surface area (Å²) in [7, 11) is 0. The van der Waals surface area contributed by atoms with Crippen LogP contribution in [-0.4, -0.2) is 6.61 Å². The Morgan fingerprint density at radius 1 is 1.00 bits per heavy atom. The lowest BCUT2D eigenvalue weighted by molar-refractivity contribution is 0.321. The van der Waals surface area contributed by atoms with Gasteiger partial charge in [-0.25, -0.2) is 4.39 Å². The van der Waals surface area contributed by atoms with Crippen molar-refractivity contribution >= 4 is 5.69 Å². The van der Waals surface area contributed by atoms with Gasteiger partial charge in [0.05, 0.1) is 12.3 Å². The maximum Gasteiger partial charge on any atom is 0.142 e. The summed E-state index contributed by atoms with van der Waals surface area (Å²) in [6.07, 6.45) is 0.529. The van der Waals surface area contributed by atoms with Gasteiger partial charge in [0.2, 0.25) is 0 Å². The molecule has 0 atom stereocenters. The topological polar surface area (TPSA) is 35.2 Å². The van der Waals surface area contributed by atoms with Gasteiger partial charge in [-0.2, -0.15) is 0 Å². The van der Waals surface area contributed by atoms with Crippen molar-refractivity contribution in [1.82, 2.24) is 0 Å². The first-order chi connectivity index (χ1) is 8.27. The van der Waals surface area contributed by atoms with E-state index in [-0.39, 0.29) is 5.82 Å². The van der Waals surface area contributed by atoms with Gasteiger partial charge in [0.1, 0.15) is 11.6 Å². The zero-order valence-electron chi connectivity index (χ0n) is 9.40. The number of hydrogen-bond acceptors (Lipinski definition) is 2. The molecule has 0 amide bonds. The molecule has 0 radical (unpaired) electrons. The van der Waals surface area contributed by atoms with Gasteiger partial charge in [0.25, 0.3) is 0 Å². The summed E-state index contributed by atoms with van der Waals surface area (Å²) in [5.41, 5.74) is 6.98. The zero-order valence-corrected chi connectivity index (χ0v) is 9.40. The Hall–Kier alpha value is -2.03. The predicted octanol–water partition coefficient (Wildman–Crippen LogP) is 3.03. The fourth-order valence-corrected chi connectivity index (χ4v) is 1.58. The summed E-state index contributed by atoms with van der Waals surface area (Å²) in [6, 6.07) is 14.0. The quantitative estimate of drug-likeness (QED) is 0.821. The Balaban J connectivity index is 1.93. The van der Waals surface area contributed by atoms with Crippen LogP contribution in [0.4, 0.5) is 10.1 Å². The molecule has 0 aliphatic heterocycles. The number of halogens is 1. The second-order valence-electron chi connectivity index (χ2n) is 3.73. The lowest BCUT2D eigenvalue weighted by Gasteiger charge is -2.08. The SMILES string of the molecule is Nc1ccccc1OCCc1ccccc1F. The van der Waals surface area contributed by atoms with Crippen molar-refractivity contribution in [2.75, 3.05) is 12.3 Å². The average Bonchev–Trinajstić information content (AvgIpc) is 2.34. The van der Waals surface area contributed by atoms with E-state index < -0.39 is 0 Å². The van der Waals surface area contributed by atoms with Crippen molar-refractivity contribution in [2.24, 2.45) is 0 Å². The van der Waals surface area contributed by atoms with Crippen molar-refractivity contribution < 1.29 is 9.13 Å². The molecule has 0 fully saturated rings. The minimum atomic E-state index is -0.197. The fraction of sp³-hybridized carbons (Fsp3) is 0.143. The van der Waals surface area contributed by atoms with Crippen LogP contribution >= 0.6 is 0 Å². The van der Waals surface area contributed by atoms with Crippen molar-refractivity contribution in [1.29, 1.82) is 0 Å². The number of anilines is 1. The minimum Gasteiger partial charge on any atom is -0.491 e. The van der Waals surface area contributed by atoms with Gasteiger partial charge in [-0.15, -0.1) is 0 Å². The molecule has 0 aliphatic rings. The summed E-state index contributed by atoms with van der Waals surface area (Å²) in [5, 5.41) is 0. The monoisotopic (exact) mass is 231 g/mol. The normalized spacial score (nSPS) is 10.2. The van der Waals surface area contributed by atoms with Crippen LogP contribution in [0.25, 0.3) is 0 Å². The molecule has 3 heteroatoms. The van der Waals surface area contributed by atoms with Crippen molar-refractivity contribution in [3.8, 4) is 5.75 Å². The second kappa shape index (κ2) is 5.34. The third kappa shape index (κ3) is 2.97. The number of benzene rings is 2. The molecule has 2 rings (SSSR count). The van der Waals surface area contributed by atoms with E-state index in [1.807, 2.05) is 18.2 Å². The van der Waals surface area contributed by atoms with E-state index in [0.717, 1.165) is 0 Å². The smallest absolute Gasteiger partial charge is 0.142 e. The third-order valence-electron chi connectivity index (χ3n) is 2.51. The van der Waals surface area contributed by atoms with E-state index in [9.17, 15) is 4.39 Å². The van der Waals surface area contributed by atoms with E-state index in [1.54, 1.807) is 24.3 Å². The van der Waals surface area contributed by atoms with Crippen LogP contribution in [-0.2, 0) is 6.42 Å². The fourth-order valence-electron chi connectivity index (χ4n) is 1.58. The Morgan fingerprint density at radius 3 is 2.47 bits per heavy atom. The predicted molar refractivity (Wildman–Crippen MR) is 66.5 cm³/mol. The Kier molecular flexibility index (Phi) is 3.60. The van der Waals surface area contributed by atoms with Gasteiger partial charge in [-0.3, -0.25) is 0 Å². The van der Waals surface area contributed by atoms with Crippen LogP contribution in [0.3, 0.4) is 0 Å². The van der Waals surface area contributed by atoms with Gasteiger partial charge in [-0.05, 0) is 23.8 Å². The highest BCUT2D eigenvalue weighted by atomic mass is 19.1. The molecule has 0 unspecified atom stereocenters. The van der Waals surface area contributed by atoms with Crippen LogP contribution in [0.5, 0.6) is 5.75 Å². The van der Waals surface area contributed by atoms with E-state index >= 15 is 0 Å². The van der Waals surface area contributed by atoms with Gasteiger partial charge >= 0.3 is 0 Å². The molecule has 2 nitrogen and oxygen atoms in total. The Bertz CT molecular complexity index is 454. The molecule has 0 bridgehead atoms. The van der Waals surface area contributed by atoms with Gasteiger partial charge < -0.3 is 10.5 Å². The van der Waals surface area contributed by atoms with E-state index in [4.69, 9.17) is 10.5 Å². The molecule has 0 aliphatic carbocycles. The third-order valence-corrected chi connectivity index (χ3v) is 2.51. The van der Waals surface area contributed by atoms with Gasteiger partial charge in [0.15, 0.2) is 0 Å². The highest BCUT2D eigenvalue weighted by Crippen LogP contribution is 2.20. The molecule has 0 saturated heterocycles. The highest BCUT2D eigenvalue weighted by Gasteiger charge is 2.02. The van der Waals surface area contributed by atoms with Crippen molar-refractivity contribution in [2.45, 2.75) is 6.42 Å². The standard InChI is InChI=1S/C14H14FNO/c15-12-6-2-1-5-11(12)9-10-17-14-8-4-3-7-13(14)16/h1-8H,9-10,16H2. The number of para-hydroxylation sites is 2. The lowest BCUT2D eigenvalue weighted by atomic mass is 10.1. The van der Waals surface area contributed by atoms with Crippen LogP contribution in [0.2, 0.25) is 0 Å². The zero-order chi connectivity index (χ0) is 12.1. The maximum atomic E-state index is 13.3. The van der Waals surface area contributed by atoms with Crippen molar-refractivity contribution in [3.05, 3.63) is 59.9 Å². The van der Waals surface area contributed by atoms with Crippen LogP contribution < -0.4 is 10.5 Å². The molecule has 2 aromatic carbocycles. The first kappa shape index (κ1) is 11.5. The minimum absolute atomic E-state index is 0.197. The number of rotatable bonds is 4. The second-order valence-corrected chi connectivity index (χ2v) is 3.73. The Morgan fingerprint density at radius 2 is 1.71 bits per heavy atom. The van der Waals surface area contributed by atoms with Crippen molar-refractivity contribution in [3.63, 3.8) is 0 Å². The van der Waals surface area contributed by atoms with Gasteiger partial charge in [0, 0.05) is 6.42 Å². The first-order valence-electron chi connectivity index (χ1n) is 5.48. The van der Waals surface area contributed by atoms with Crippen LogP contribution in [0, 0.1) is 5.82 Å². The first-order valence-corrected chi connectivity index (χ1v) is 5.48. The molecule has 17 heavy (non-hydrogen) atoms. The largest absolute Gasteiger partial charge is 0.491 e. The molecule has 2 aromatic rings. The number of ether oxygens (including phenoxy) is 1. The van der Waals surface area contributed by atoms with Gasteiger partial charge in [-0.1, -0.05) is 30.3 Å².